The molecule has 0 saturated carbocycles. The summed E-state index contributed by atoms with van der Waals surface area (Å²) in [6.07, 6.45) is 2.20. The van der Waals surface area contributed by atoms with Crippen LogP contribution in [0.25, 0.3) is 0 Å². The minimum atomic E-state index is -0.174. The number of carbonyl (C=O) groups excluding carboxylic acids is 1. The van der Waals surface area contributed by atoms with Crippen LogP contribution in [0.1, 0.15) is 24.0 Å². The van der Waals surface area contributed by atoms with Gasteiger partial charge in [-0.05, 0) is 29.9 Å². The molecule has 0 spiro atoms. The second kappa shape index (κ2) is 7.92. The van der Waals surface area contributed by atoms with Gasteiger partial charge >= 0.3 is 6.09 Å². The van der Waals surface area contributed by atoms with Crippen LogP contribution in [0.15, 0.2) is 60.7 Å². The average molecular weight is 350 g/mol. The van der Waals surface area contributed by atoms with Crippen molar-refractivity contribution in [3.05, 3.63) is 71.8 Å². The Balaban J connectivity index is 1.37. The average Bonchev–Trinajstić information content (AvgIpc) is 3.00. The lowest BCUT2D eigenvalue weighted by molar-refractivity contribution is 0.0909. The monoisotopic (exact) mass is 350 g/mol. The molecule has 3 heterocycles. The third kappa shape index (κ3) is 4.07. The van der Waals surface area contributed by atoms with Crippen LogP contribution >= 0.6 is 0 Å². The Hall–Kier alpha value is -2.33. The topological polar surface area (TPSA) is 32.8 Å². The van der Waals surface area contributed by atoms with Crippen LogP contribution in [0, 0.1) is 5.92 Å². The fourth-order valence-corrected chi connectivity index (χ4v) is 4.15. The highest BCUT2D eigenvalue weighted by atomic mass is 16.6. The van der Waals surface area contributed by atoms with Crippen molar-refractivity contribution in [2.45, 2.75) is 32.0 Å². The Morgan fingerprint density at radius 3 is 2.31 bits per heavy atom. The summed E-state index contributed by atoms with van der Waals surface area (Å²) in [5, 5.41) is 0. The maximum atomic E-state index is 12.6. The smallest absolute Gasteiger partial charge is 0.410 e. The first kappa shape index (κ1) is 17.1. The molecule has 0 radical (unpaired) electrons. The van der Waals surface area contributed by atoms with E-state index in [-0.39, 0.29) is 6.09 Å². The quantitative estimate of drug-likeness (QED) is 0.838. The number of benzene rings is 2. The van der Waals surface area contributed by atoms with E-state index in [1.807, 2.05) is 35.2 Å². The van der Waals surface area contributed by atoms with Crippen LogP contribution < -0.4 is 0 Å². The zero-order valence-corrected chi connectivity index (χ0v) is 15.1. The molecule has 1 amide bonds. The molecule has 3 aliphatic heterocycles. The summed E-state index contributed by atoms with van der Waals surface area (Å²) in [5.74, 6) is 0.543. The van der Waals surface area contributed by atoms with E-state index in [0.29, 0.717) is 18.6 Å². The Morgan fingerprint density at radius 2 is 1.58 bits per heavy atom. The van der Waals surface area contributed by atoms with Gasteiger partial charge in [-0.3, -0.25) is 4.90 Å². The summed E-state index contributed by atoms with van der Waals surface area (Å²) in [4.78, 5) is 17.1. The Labute approximate surface area is 155 Å². The molecule has 5 rings (SSSR count). The van der Waals surface area contributed by atoms with E-state index in [2.05, 4.69) is 35.2 Å². The predicted octanol–water partition coefficient (Wildman–Crippen LogP) is 3.92. The molecular formula is C22H26N2O2. The molecule has 3 aliphatic rings. The van der Waals surface area contributed by atoms with E-state index >= 15 is 0 Å². The molecule has 2 aromatic rings. The zero-order valence-electron chi connectivity index (χ0n) is 15.1. The fourth-order valence-electron chi connectivity index (χ4n) is 4.15. The van der Waals surface area contributed by atoms with Crippen molar-refractivity contribution in [3.8, 4) is 0 Å². The first-order chi connectivity index (χ1) is 12.8. The maximum Gasteiger partial charge on any atom is 0.410 e. The fraction of sp³-hybridized carbons (Fsp3) is 0.409. The molecule has 4 heteroatoms. The van der Waals surface area contributed by atoms with Crippen LogP contribution in [0.5, 0.6) is 0 Å². The van der Waals surface area contributed by atoms with Gasteiger partial charge < -0.3 is 9.64 Å². The minimum absolute atomic E-state index is 0.174. The number of piperidine rings is 1. The lowest BCUT2D eigenvalue weighted by Crippen LogP contribution is -2.43. The summed E-state index contributed by atoms with van der Waals surface area (Å²) in [5.41, 5.74) is 2.38. The molecule has 0 N–H and O–H groups in total. The summed E-state index contributed by atoms with van der Waals surface area (Å²) in [7, 11) is 0. The first-order valence-electron chi connectivity index (χ1n) is 9.51. The van der Waals surface area contributed by atoms with E-state index in [9.17, 15) is 4.79 Å². The number of carbonyl (C=O) groups is 1. The maximum absolute atomic E-state index is 12.6. The van der Waals surface area contributed by atoms with Crippen molar-refractivity contribution in [2.24, 2.45) is 5.92 Å². The predicted molar refractivity (Wildman–Crippen MR) is 102 cm³/mol. The van der Waals surface area contributed by atoms with E-state index < -0.39 is 0 Å². The highest BCUT2D eigenvalue weighted by Crippen LogP contribution is 2.29. The SMILES string of the molecule is O=C(OCc1ccccc1)N1C[C@H]2CC[C@@H](C1)N(Cc1ccccc1)C2. The van der Waals surface area contributed by atoms with Gasteiger partial charge in [0.25, 0.3) is 0 Å². The van der Waals surface area contributed by atoms with Crippen molar-refractivity contribution >= 4 is 6.09 Å². The molecule has 3 fully saturated rings. The van der Waals surface area contributed by atoms with Gasteiger partial charge in [0.05, 0.1) is 0 Å². The van der Waals surface area contributed by atoms with Crippen molar-refractivity contribution in [1.29, 1.82) is 0 Å². The van der Waals surface area contributed by atoms with E-state index in [4.69, 9.17) is 4.74 Å². The third-order valence-electron chi connectivity index (χ3n) is 5.52. The molecular weight excluding hydrogens is 324 g/mol. The lowest BCUT2D eigenvalue weighted by Gasteiger charge is -2.36. The number of hydrogen-bond acceptors (Lipinski definition) is 3. The summed E-state index contributed by atoms with van der Waals surface area (Å²) >= 11 is 0. The van der Waals surface area contributed by atoms with Gasteiger partial charge in [0.2, 0.25) is 0 Å². The summed E-state index contributed by atoms with van der Waals surface area (Å²) in [6, 6.07) is 20.9. The summed E-state index contributed by atoms with van der Waals surface area (Å²) < 4.78 is 5.57. The Morgan fingerprint density at radius 1 is 0.885 bits per heavy atom. The van der Waals surface area contributed by atoms with Crippen molar-refractivity contribution in [1.82, 2.24) is 9.80 Å². The normalized spacial score (nSPS) is 22.8. The highest BCUT2D eigenvalue weighted by molar-refractivity contribution is 5.67. The molecule has 136 valence electrons. The van der Waals surface area contributed by atoms with Crippen LogP contribution in [-0.4, -0.2) is 41.6 Å². The van der Waals surface area contributed by atoms with Gasteiger partial charge in [-0.15, -0.1) is 0 Å². The van der Waals surface area contributed by atoms with Crippen molar-refractivity contribution in [2.75, 3.05) is 19.6 Å². The van der Waals surface area contributed by atoms with Crippen LogP contribution in [0.2, 0.25) is 0 Å². The van der Waals surface area contributed by atoms with Crippen LogP contribution in [-0.2, 0) is 17.9 Å². The summed E-state index contributed by atoms with van der Waals surface area (Å²) in [6.45, 7) is 3.97. The minimum Gasteiger partial charge on any atom is -0.445 e. The number of rotatable bonds is 4. The Kier molecular flexibility index (Phi) is 5.21. The third-order valence-corrected chi connectivity index (χ3v) is 5.52. The number of ether oxygens (including phenoxy) is 1. The van der Waals surface area contributed by atoms with Crippen LogP contribution in [0.3, 0.4) is 0 Å². The molecule has 2 aromatic carbocycles. The van der Waals surface area contributed by atoms with Gasteiger partial charge in [0.15, 0.2) is 0 Å². The van der Waals surface area contributed by atoms with Gasteiger partial charge in [-0.2, -0.15) is 0 Å². The van der Waals surface area contributed by atoms with Gasteiger partial charge in [-0.1, -0.05) is 60.7 Å². The number of nitrogens with zero attached hydrogens (tertiary/aromatic N) is 2. The Bertz CT molecular complexity index is 719. The number of hydrogen-bond donors (Lipinski definition) is 0. The number of amides is 1. The molecule has 3 saturated heterocycles. The van der Waals surface area contributed by atoms with E-state index in [0.717, 1.165) is 31.7 Å². The van der Waals surface area contributed by atoms with E-state index in [1.54, 1.807) is 0 Å². The van der Waals surface area contributed by atoms with Crippen molar-refractivity contribution < 1.29 is 9.53 Å². The first-order valence-corrected chi connectivity index (χ1v) is 9.51. The molecule has 2 atom stereocenters. The second-order valence-corrected chi connectivity index (χ2v) is 7.46. The molecule has 4 nitrogen and oxygen atoms in total. The van der Waals surface area contributed by atoms with E-state index in [1.165, 1.54) is 18.4 Å². The lowest BCUT2D eigenvalue weighted by atomic mass is 9.94. The van der Waals surface area contributed by atoms with Crippen molar-refractivity contribution in [3.63, 3.8) is 0 Å². The molecule has 0 aromatic heterocycles. The highest BCUT2D eigenvalue weighted by Gasteiger charge is 2.36. The number of fused-ring (bicyclic) bond motifs is 4. The van der Waals surface area contributed by atoms with Gasteiger partial charge in [-0.25, -0.2) is 4.79 Å². The zero-order chi connectivity index (χ0) is 17.8. The largest absolute Gasteiger partial charge is 0.445 e. The standard InChI is InChI=1S/C22H26N2O2/c25-22(26-17-19-9-5-2-6-10-19)24-15-20-11-12-21(16-24)23(14-20)13-18-7-3-1-4-8-18/h1-10,20-21H,11-17H2/t20-,21-/m0/s1. The molecule has 0 aliphatic carbocycles. The van der Waals surface area contributed by atoms with Gasteiger partial charge in [0, 0.05) is 32.2 Å². The molecule has 0 unspecified atom stereocenters. The van der Waals surface area contributed by atoms with Gasteiger partial charge in [0.1, 0.15) is 6.61 Å². The van der Waals surface area contributed by atoms with Crippen LogP contribution in [0.4, 0.5) is 4.79 Å². The molecule has 2 bridgehead atoms. The second-order valence-electron chi connectivity index (χ2n) is 7.46. The molecule has 26 heavy (non-hydrogen) atoms.